The van der Waals surface area contributed by atoms with Gasteiger partial charge in [-0.1, -0.05) is 26.0 Å². The Balaban J connectivity index is 2.03. The molecule has 0 amide bonds. The van der Waals surface area contributed by atoms with Gasteiger partial charge in [0, 0.05) is 35.9 Å². The number of hydrogen-bond donors (Lipinski definition) is 0. The van der Waals surface area contributed by atoms with Crippen molar-refractivity contribution < 1.29 is 23.8 Å². The summed E-state index contributed by atoms with van der Waals surface area (Å²) in [6.45, 7) is 8.97. The Hall–Kier alpha value is -2.47. The van der Waals surface area contributed by atoms with E-state index in [1.54, 1.807) is 7.11 Å². The number of esters is 1. The molecule has 3 rings (SSSR count). The summed E-state index contributed by atoms with van der Waals surface area (Å²) in [7, 11) is 1.60. The van der Waals surface area contributed by atoms with Gasteiger partial charge in [0.05, 0.1) is 13.7 Å². The summed E-state index contributed by atoms with van der Waals surface area (Å²) in [6.07, 6.45) is 1.14. The largest absolute Gasteiger partial charge is 0.497 e. The lowest BCUT2D eigenvalue weighted by Crippen LogP contribution is -2.39. The lowest BCUT2D eigenvalue weighted by Gasteiger charge is -2.39. The van der Waals surface area contributed by atoms with Crippen molar-refractivity contribution >= 4 is 17.5 Å². The van der Waals surface area contributed by atoms with Crippen molar-refractivity contribution in [1.29, 1.82) is 0 Å². The molecule has 2 atom stereocenters. The number of methoxy groups -OCH3 is 1. The molecule has 6 heteroatoms. The molecular weight excluding hydrogens is 382 g/mol. The third kappa shape index (κ3) is 4.64. The topological polar surface area (TPSA) is 74.2 Å². The summed E-state index contributed by atoms with van der Waals surface area (Å²) < 4.78 is 16.2. The Kier molecular flexibility index (Phi) is 6.76. The molecule has 0 N–H and O–H groups in total. The summed E-state index contributed by atoms with van der Waals surface area (Å²) in [5.41, 5.74) is 2.81. The molecule has 1 aromatic carbocycles. The molecular formula is C24H31NO5. The van der Waals surface area contributed by atoms with Gasteiger partial charge in [-0.25, -0.2) is 0 Å². The van der Waals surface area contributed by atoms with Crippen molar-refractivity contribution in [3.63, 3.8) is 0 Å². The van der Waals surface area contributed by atoms with Crippen molar-refractivity contribution in [2.75, 3.05) is 26.9 Å². The average molecular weight is 414 g/mol. The first kappa shape index (κ1) is 22.2. The van der Waals surface area contributed by atoms with Gasteiger partial charge < -0.3 is 14.2 Å². The first-order valence-corrected chi connectivity index (χ1v) is 10.5. The van der Waals surface area contributed by atoms with Crippen LogP contribution in [0.25, 0.3) is 0 Å². The summed E-state index contributed by atoms with van der Waals surface area (Å²) in [5, 5.41) is 0. The molecule has 30 heavy (non-hydrogen) atoms. The minimum absolute atomic E-state index is 0.0532. The molecule has 1 aliphatic heterocycles. The molecule has 6 nitrogen and oxygen atoms in total. The van der Waals surface area contributed by atoms with Crippen LogP contribution in [0, 0.1) is 11.3 Å². The van der Waals surface area contributed by atoms with Gasteiger partial charge in [-0.2, -0.15) is 0 Å². The highest BCUT2D eigenvalue weighted by atomic mass is 16.6. The van der Waals surface area contributed by atoms with E-state index in [0.29, 0.717) is 43.1 Å². The van der Waals surface area contributed by atoms with Gasteiger partial charge in [0.1, 0.15) is 18.3 Å². The molecule has 1 aliphatic carbocycles. The number of carbonyl (C=O) groups excluding carboxylic acids is 2. The van der Waals surface area contributed by atoms with E-state index in [1.807, 2.05) is 38.1 Å². The SMILES string of the molecule is CCOCCOC(=O)C1C(C)=NC2=C(C(=O)CC(C)(C)C2)[C@@H]1c1cccc(OC)c1. The predicted octanol–water partition coefficient (Wildman–Crippen LogP) is 4.09. The Morgan fingerprint density at radius 1 is 1.23 bits per heavy atom. The molecule has 1 unspecified atom stereocenters. The van der Waals surface area contributed by atoms with Gasteiger partial charge in [-0.05, 0) is 43.4 Å². The Labute approximate surface area is 178 Å². The van der Waals surface area contributed by atoms with Crippen molar-refractivity contribution in [2.24, 2.45) is 16.3 Å². The van der Waals surface area contributed by atoms with Crippen LogP contribution in [0.3, 0.4) is 0 Å². The average Bonchev–Trinajstić information content (AvgIpc) is 2.69. The van der Waals surface area contributed by atoms with Gasteiger partial charge >= 0.3 is 5.97 Å². The van der Waals surface area contributed by atoms with Gasteiger partial charge in [0.25, 0.3) is 0 Å². The first-order valence-electron chi connectivity index (χ1n) is 10.5. The summed E-state index contributed by atoms with van der Waals surface area (Å²) in [4.78, 5) is 31.0. The van der Waals surface area contributed by atoms with Crippen LogP contribution in [0.4, 0.5) is 0 Å². The molecule has 0 fully saturated rings. The van der Waals surface area contributed by atoms with Crippen molar-refractivity contribution in [3.05, 3.63) is 41.1 Å². The van der Waals surface area contributed by atoms with Crippen LogP contribution in [-0.4, -0.2) is 44.4 Å². The van der Waals surface area contributed by atoms with Crippen LogP contribution in [0.1, 0.15) is 52.0 Å². The monoisotopic (exact) mass is 413 g/mol. The standard InChI is InChI=1S/C24H31NO5/c1-6-29-10-11-30-23(27)20-15(2)25-18-13-24(3,4)14-19(26)22(18)21(20)16-8-7-9-17(12-16)28-5/h7-9,12,20-21H,6,10-11,13-14H2,1-5H3/t20?,21-/m1/s1. The molecule has 0 spiro atoms. The minimum atomic E-state index is -0.650. The zero-order valence-electron chi connectivity index (χ0n) is 18.5. The van der Waals surface area contributed by atoms with E-state index in [1.165, 1.54) is 0 Å². The van der Waals surface area contributed by atoms with E-state index in [4.69, 9.17) is 19.2 Å². The maximum absolute atomic E-state index is 13.2. The molecule has 1 aromatic rings. The van der Waals surface area contributed by atoms with E-state index in [-0.39, 0.29) is 23.8 Å². The number of allylic oxidation sites excluding steroid dienone is 2. The molecule has 0 bridgehead atoms. The second-order valence-electron chi connectivity index (χ2n) is 8.65. The zero-order chi connectivity index (χ0) is 21.9. The minimum Gasteiger partial charge on any atom is -0.497 e. The van der Waals surface area contributed by atoms with Gasteiger partial charge in [0.2, 0.25) is 0 Å². The van der Waals surface area contributed by atoms with Crippen molar-refractivity contribution in [3.8, 4) is 5.75 Å². The van der Waals surface area contributed by atoms with Crippen LogP contribution in [0.15, 0.2) is 40.5 Å². The molecule has 2 aliphatic rings. The third-order valence-corrected chi connectivity index (χ3v) is 5.69. The number of aliphatic imine (C=N–C) groups is 1. The fourth-order valence-electron chi connectivity index (χ4n) is 4.38. The summed E-state index contributed by atoms with van der Waals surface area (Å²) in [5.74, 6) is -0.731. The number of ether oxygens (including phenoxy) is 3. The van der Waals surface area contributed by atoms with Crippen LogP contribution in [-0.2, 0) is 19.1 Å². The summed E-state index contributed by atoms with van der Waals surface area (Å²) in [6, 6.07) is 7.55. The van der Waals surface area contributed by atoms with Crippen molar-refractivity contribution in [1.82, 2.24) is 0 Å². The Morgan fingerprint density at radius 2 is 2.00 bits per heavy atom. The second-order valence-corrected chi connectivity index (χ2v) is 8.65. The molecule has 0 aromatic heterocycles. The number of nitrogens with zero attached hydrogens (tertiary/aromatic N) is 1. The smallest absolute Gasteiger partial charge is 0.315 e. The summed E-state index contributed by atoms with van der Waals surface area (Å²) >= 11 is 0. The lowest BCUT2D eigenvalue weighted by molar-refractivity contribution is -0.148. The molecule has 0 saturated carbocycles. The Bertz CT molecular complexity index is 883. The zero-order valence-corrected chi connectivity index (χ0v) is 18.5. The predicted molar refractivity (Wildman–Crippen MR) is 115 cm³/mol. The normalized spacial score (nSPS) is 23.0. The van der Waals surface area contributed by atoms with E-state index >= 15 is 0 Å². The van der Waals surface area contributed by atoms with E-state index in [2.05, 4.69) is 13.8 Å². The van der Waals surface area contributed by atoms with E-state index in [9.17, 15) is 9.59 Å². The fourth-order valence-corrected chi connectivity index (χ4v) is 4.38. The van der Waals surface area contributed by atoms with Crippen LogP contribution in [0.2, 0.25) is 0 Å². The number of benzene rings is 1. The quantitative estimate of drug-likeness (QED) is 0.497. The maximum atomic E-state index is 13.2. The Morgan fingerprint density at radius 3 is 2.70 bits per heavy atom. The fraction of sp³-hybridized carbons (Fsp3) is 0.542. The number of Topliss-reactive ketones (excluding diaryl/α,β-unsaturated/α-hetero) is 1. The lowest BCUT2D eigenvalue weighted by atomic mass is 9.67. The third-order valence-electron chi connectivity index (χ3n) is 5.69. The number of carbonyl (C=O) groups is 2. The van der Waals surface area contributed by atoms with E-state index in [0.717, 1.165) is 11.3 Å². The van der Waals surface area contributed by atoms with Gasteiger partial charge in [-0.3, -0.25) is 14.6 Å². The maximum Gasteiger partial charge on any atom is 0.315 e. The highest BCUT2D eigenvalue weighted by Gasteiger charge is 2.46. The highest BCUT2D eigenvalue weighted by Crippen LogP contribution is 2.48. The van der Waals surface area contributed by atoms with E-state index < -0.39 is 11.8 Å². The molecule has 162 valence electrons. The van der Waals surface area contributed by atoms with Gasteiger partial charge in [-0.15, -0.1) is 0 Å². The van der Waals surface area contributed by atoms with Crippen LogP contribution >= 0.6 is 0 Å². The molecule has 1 heterocycles. The second kappa shape index (κ2) is 9.13. The molecule has 0 radical (unpaired) electrons. The van der Waals surface area contributed by atoms with Crippen LogP contribution in [0.5, 0.6) is 5.75 Å². The van der Waals surface area contributed by atoms with Crippen LogP contribution < -0.4 is 4.74 Å². The van der Waals surface area contributed by atoms with Crippen molar-refractivity contribution in [2.45, 2.75) is 46.5 Å². The highest BCUT2D eigenvalue weighted by molar-refractivity contribution is 6.09. The van der Waals surface area contributed by atoms with Gasteiger partial charge in [0.15, 0.2) is 5.78 Å². The number of rotatable bonds is 7. The number of ketones is 1. The number of hydrogen-bond acceptors (Lipinski definition) is 6. The molecule has 0 saturated heterocycles. The first-order chi connectivity index (χ1) is 14.3.